The number of amides is 1. The average Bonchev–Trinajstić information content (AvgIpc) is 3.08. The SMILES string of the molecule is C[C@@H](C(=O)NCCC1=CCCCC1)N1CCC(c2ccnn2C)CC1. The molecule has 1 aromatic heterocycles. The highest BCUT2D eigenvalue weighted by atomic mass is 16.2. The van der Waals surface area contributed by atoms with Crippen LogP contribution in [0.2, 0.25) is 0 Å². The quantitative estimate of drug-likeness (QED) is 0.807. The van der Waals surface area contributed by atoms with Crippen molar-refractivity contribution in [3.63, 3.8) is 0 Å². The molecule has 0 unspecified atom stereocenters. The van der Waals surface area contributed by atoms with Gasteiger partial charge in [0, 0.05) is 31.4 Å². The molecule has 1 aromatic rings. The van der Waals surface area contributed by atoms with Gasteiger partial charge in [-0.15, -0.1) is 0 Å². The predicted molar refractivity (Wildman–Crippen MR) is 100 cm³/mol. The van der Waals surface area contributed by atoms with Crippen molar-refractivity contribution in [1.82, 2.24) is 20.0 Å². The predicted octanol–water partition coefficient (Wildman–Crippen LogP) is 2.99. The van der Waals surface area contributed by atoms with Crippen molar-refractivity contribution >= 4 is 5.91 Å². The van der Waals surface area contributed by atoms with Crippen LogP contribution in [0.1, 0.15) is 63.5 Å². The first-order valence-electron chi connectivity index (χ1n) is 9.82. The first-order valence-corrected chi connectivity index (χ1v) is 9.82. The molecule has 3 rings (SSSR count). The van der Waals surface area contributed by atoms with Gasteiger partial charge in [0.15, 0.2) is 0 Å². The van der Waals surface area contributed by atoms with Crippen LogP contribution in [-0.2, 0) is 11.8 Å². The first kappa shape index (κ1) is 18.2. The van der Waals surface area contributed by atoms with Gasteiger partial charge in [0.05, 0.1) is 6.04 Å². The van der Waals surface area contributed by atoms with E-state index in [1.807, 2.05) is 24.9 Å². The summed E-state index contributed by atoms with van der Waals surface area (Å²) in [4.78, 5) is 14.8. The summed E-state index contributed by atoms with van der Waals surface area (Å²) in [6, 6.07) is 2.09. The Labute approximate surface area is 151 Å². The number of hydrogen-bond donors (Lipinski definition) is 1. The van der Waals surface area contributed by atoms with Crippen LogP contribution in [0.4, 0.5) is 0 Å². The molecule has 1 amide bonds. The van der Waals surface area contributed by atoms with Gasteiger partial charge in [0.25, 0.3) is 0 Å². The number of carbonyl (C=O) groups is 1. The fourth-order valence-corrected chi connectivity index (χ4v) is 4.16. The van der Waals surface area contributed by atoms with Crippen molar-refractivity contribution in [2.45, 2.75) is 63.8 Å². The minimum atomic E-state index is -0.0344. The van der Waals surface area contributed by atoms with Crippen LogP contribution in [0.3, 0.4) is 0 Å². The van der Waals surface area contributed by atoms with E-state index in [0.29, 0.717) is 5.92 Å². The Bertz CT molecular complexity index is 599. The Morgan fingerprint density at radius 1 is 1.36 bits per heavy atom. The molecular formula is C20H32N4O. The van der Waals surface area contributed by atoms with Crippen LogP contribution in [-0.4, -0.2) is 46.3 Å². The van der Waals surface area contributed by atoms with Crippen LogP contribution in [0.15, 0.2) is 23.9 Å². The van der Waals surface area contributed by atoms with E-state index in [1.165, 1.54) is 37.0 Å². The lowest BCUT2D eigenvalue weighted by Crippen LogP contribution is -2.48. The summed E-state index contributed by atoms with van der Waals surface area (Å²) in [5, 5.41) is 7.42. The fraction of sp³-hybridized carbons (Fsp3) is 0.700. The van der Waals surface area contributed by atoms with Crippen LogP contribution in [0.5, 0.6) is 0 Å². The molecule has 2 heterocycles. The van der Waals surface area contributed by atoms with Crippen LogP contribution >= 0.6 is 0 Å². The summed E-state index contributed by atoms with van der Waals surface area (Å²) in [7, 11) is 2.01. The molecule has 2 aliphatic rings. The number of carbonyl (C=O) groups excluding carboxylic acids is 1. The van der Waals surface area contributed by atoms with Crippen molar-refractivity contribution in [3.8, 4) is 0 Å². The Hall–Kier alpha value is -1.62. The molecule has 138 valence electrons. The third-order valence-corrected chi connectivity index (χ3v) is 5.86. The lowest BCUT2D eigenvalue weighted by molar-refractivity contribution is -0.126. The van der Waals surface area contributed by atoms with Gasteiger partial charge in [0.2, 0.25) is 5.91 Å². The van der Waals surface area contributed by atoms with E-state index in [1.54, 1.807) is 0 Å². The number of aryl methyl sites for hydroxylation is 1. The van der Waals surface area contributed by atoms with Gasteiger partial charge < -0.3 is 5.32 Å². The fourth-order valence-electron chi connectivity index (χ4n) is 4.16. The van der Waals surface area contributed by atoms with Gasteiger partial charge >= 0.3 is 0 Å². The molecule has 0 saturated carbocycles. The summed E-state index contributed by atoms with van der Waals surface area (Å²) < 4.78 is 1.98. The number of rotatable bonds is 6. The highest BCUT2D eigenvalue weighted by molar-refractivity contribution is 5.81. The number of piperidine rings is 1. The zero-order valence-electron chi connectivity index (χ0n) is 15.7. The van der Waals surface area contributed by atoms with Crippen molar-refractivity contribution in [3.05, 3.63) is 29.6 Å². The van der Waals surface area contributed by atoms with Gasteiger partial charge in [-0.3, -0.25) is 14.4 Å². The third-order valence-electron chi connectivity index (χ3n) is 5.86. The molecular weight excluding hydrogens is 312 g/mol. The lowest BCUT2D eigenvalue weighted by Gasteiger charge is -2.35. The summed E-state index contributed by atoms with van der Waals surface area (Å²) in [6.45, 7) is 4.78. The molecule has 1 N–H and O–H groups in total. The maximum absolute atomic E-state index is 12.5. The topological polar surface area (TPSA) is 50.2 Å². The smallest absolute Gasteiger partial charge is 0.237 e. The van der Waals surface area contributed by atoms with Gasteiger partial charge in [-0.1, -0.05) is 11.6 Å². The number of hydrogen-bond acceptors (Lipinski definition) is 3. The van der Waals surface area contributed by atoms with Crippen molar-refractivity contribution in [1.29, 1.82) is 0 Å². The molecule has 1 fully saturated rings. The second-order valence-corrected chi connectivity index (χ2v) is 7.52. The van der Waals surface area contributed by atoms with E-state index in [9.17, 15) is 4.79 Å². The minimum absolute atomic E-state index is 0.0344. The van der Waals surface area contributed by atoms with Gasteiger partial charge in [-0.05, 0) is 71.0 Å². The minimum Gasteiger partial charge on any atom is -0.354 e. The zero-order valence-corrected chi connectivity index (χ0v) is 15.7. The lowest BCUT2D eigenvalue weighted by atomic mass is 9.92. The monoisotopic (exact) mass is 344 g/mol. The van der Waals surface area contributed by atoms with Crippen LogP contribution in [0, 0.1) is 0 Å². The van der Waals surface area contributed by atoms with E-state index >= 15 is 0 Å². The summed E-state index contributed by atoms with van der Waals surface area (Å²) >= 11 is 0. The number of nitrogens with one attached hydrogen (secondary N) is 1. The molecule has 0 radical (unpaired) electrons. The highest BCUT2D eigenvalue weighted by Gasteiger charge is 2.28. The van der Waals surface area contributed by atoms with Crippen molar-refractivity contribution in [2.75, 3.05) is 19.6 Å². The second-order valence-electron chi connectivity index (χ2n) is 7.52. The molecule has 1 aliphatic heterocycles. The van der Waals surface area contributed by atoms with Crippen molar-refractivity contribution in [2.24, 2.45) is 7.05 Å². The molecule has 0 aromatic carbocycles. The largest absolute Gasteiger partial charge is 0.354 e. The standard InChI is InChI=1S/C20H32N4O/c1-16(20(25)21-12-8-17-6-4-3-5-7-17)24-14-10-18(11-15-24)19-9-13-22-23(19)2/h6,9,13,16,18H,3-5,7-8,10-12,14-15H2,1-2H3,(H,21,25)/t16-/m0/s1. The second kappa shape index (κ2) is 8.65. The van der Waals surface area contributed by atoms with Crippen molar-refractivity contribution < 1.29 is 4.79 Å². The number of allylic oxidation sites excluding steroid dienone is 1. The van der Waals surface area contributed by atoms with Gasteiger partial charge in [0.1, 0.15) is 0 Å². The Morgan fingerprint density at radius 2 is 2.16 bits per heavy atom. The van der Waals surface area contributed by atoms with Gasteiger partial charge in [-0.2, -0.15) is 5.10 Å². The van der Waals surface area contributed by atoms with E-state index in [2.05, 4.69) is 27.5 Å². The zero-order chi connectivity index (χ0) is 17.6. The molecule has 25 heavy (non-hydrogen) atoms. The van der Waals surface area contributed by atoms with Crippen LogP contribution in [0.25, 0.3) is 0 Å². The maximum atomic E-state index is 12.5. The van der Waals surface area contributed by atoms with E-state index in [0.717, 1.165) is 38.9 Å². The molecule has 1 atom stereocenters. The Kier molecular flexibility index (Phi) is 6.29. The number of likely N-dealkylation sites (tertiary alicyclic amines) is 1. The van der Waals surface area contributed by atoms with E-state index in [4.69, 9.17) is 0 Å². The molecule has 5 heteroatoms. The number of nitrogens with zero attached hydrogens (tertiary/aromatic N) is 3. The normalized spacial score (nSPS) is 21.0. The molecule has 0 bridgehead atoms. The Morgan fingerprint density at radius 3 is 2.80 bits per heavy atom. The van der Waals surface area contributed by atoms with E-state index < -0.39 is 0 Å². The molecule has 0 spiro atoms. The molecule has 1 saturated heterocycles. The van der Waals surface area contributed by atoms with Crippen LogP contribution < -0.4 is 5.32 Å². The molecule has 1 aliphatic carbocycles. The summed E-state index contributed by atoms with van der Waals surface area (Å²) in [5.41, 5.74) is 2.84. The molecule has 5 nitrogen and oxygen atoms in total. The van der Waals surface area contributed by atoms with E-state index in [-0.39, 0.29) is 11.9 Å². The maximum Gasteiger partial charge on any atom is 0.237 e. The Balaban J connectivity index is 1.40. The average molecular weight is 345 g/mol. The van der Waals surface area contributed by atoms with Gasteiger partial charge in [-0.25, -0.2) is 0 Å². The summed E-state index contributed by atoms with van der Waals surface area (Å²) in [6.07, 6.45) is 12.5. The summed E-state index contributed by atoms with van der Waals surface area (Å²) in [5.74, 6) is 0.743. The number of aromatic nitrogens is 2. The third kappa shape index (κ3) is 4.72. The first-order chi connectivity index (χ1) is 12.1. The highest BCUT2D eigenvalue weighted by Crippen LogP contribution is 2.28.